The predicted molar refractivity (Wildman–Crippen MR) is 64.1 cm³/mol. The Morgan fingerprint density at radius 1 is 1.22 bits per heavy atom. The van der Waals surface area contributed by atoms with Crippen LogP contribution in [0.3, 0.4) is 0 Å². The Morgan fingerprint density at radius 2 is 1.89 bits per heavy atom. The molecule has 1 aromatic carbocycles. The summed E-state index contributed by atoms with van der Waals surface area (Å²) < 4.78 is 38.7. The van der Waals surface area contributed by atoms with Gasteiger partial charge in [0.2, 0.25) is 0 Å². The first-order valence-corrected chi connectivity index (χ1v) is 6.10. The standard InChI is InChI=1S/C13H17F3N2/c14-13(15,16)12(8-17)18-7-3-6-10-4-1-2-5-11(10)9-18/h1-2,4-5,12H,3,6-9,17H2. The number of rotatable bonds is 2. The summed E-state index contributed by atoms with van der Waals surface area (Å²) in [6.45, 7) is 0.388. The minimum absolute atomic E-state index is 0.331. The molecule has 0 spiro atoms. The van der Waals surface area contributed by atoms with Gasteiger partial charge in [0.1, 0.15) is 6.04 Å². The van der Waals surface area contributed by atoms with Crippen LogP contribution in [0.4, 0.5) is 13.2 Å². The van der Waals surface area contributed by atoms with Gasteiger partial charge in [0.15, 0.2) is 0 Å². The van der Waals surface area contributed by atoms with E-state index in [0.29, 0.717) is 13.1 Å². The molecule has 0 saturated heterocycles. The van der Waals surface area contributed by atoms with Crippen LogP contribution in [-0.2, 0) is 13.0 Å². The molecule has 0 fully saturated rings. The van der Waals surface area contributed by atoms with Crippen LogP contribution in [0.5, 0.6) is 0 Å². The SMILES string of the molecule is NCC(N1CCCc2ccccc2C1)C(F)(F)F. The average molecular weight is 258 g/mol. The average Bonchev–Trinajstić information content (AvgIpc) is 2.50. The maximum Gasteiger partial charge on any atom is 0.405 e. The molecule has 0 bridgehead atoms. The van der Waals surface area contributed by atoms with Crippen molar-refractivity contribution in [1.82, 2.24) is 4.90 Å². The number of nitrogens with two attached hydrogens (primary N) is 1. The number of aryl methyl sites for hydroxylation is 1. The minimum atomic E-state index is -4.26. The molecule has 18 heavy (non-hydrogen) atoms. The molecule has 0 aromatic heterocycles. The Bertz CT molecular complexity index is 403. The van der Waals surface area contributed by atoms with Gasteiger partial charge in [-0.05, 0) is 30.5 Å². The number of hydrogen-bond acceptors (Lipinski definition) is 2. The molecule has 0 radical (unpaired) electrons. The molecular weight excluding hydrogens is 241 g/mol. The van der Waals surface area contributed by atoms with Crippen LogP contribution in [0.2, 0.25) is 0 Å². The first-order chi connectivity index (χ1) is 8.52. The van der Waals surface area contributed by atoms with Gasteiger partial charge in [-0.25, -0.2) is 0 Å². The molecule has 2 nitrogen and oxygen atoms in total. The van der Waals surface area contributed by atoms with Gasteiger partial charge in [-0.3, -0.25) is 4.90 Å². The van der Waals surface area contributed by atoms with Crippen LogP contribution in [0.15, 0.2) is 24.3 Å². The van der Waals surface area contributed by atoms with Crippen LogP contribution in [0.25, 0.3) is 0 Å². The maximum atomic E-state index is 12.9. The number of nitrogens with zero attached hydrogens (tertiary/aromatic N) is 1. The highest BCUT2D eigenvalue weighted by atomic mass is 19.4. The maximum absolute atomic E-state index is 12.9. The summed E-state index contributed by atoms with van der Waals surface area (Å²) in [5.41, 5.74) is 7.43. The molecule has 2 N–H and O–H groups in total. The fraction of sp³-hybridized carbons (Fsp3) is 0.538. The lowest BCUT2D eigenvalue weighted by atomic mass is 10.0. The van der Waals surface area contributed by atoms with E-state index in [-0.39, 0.29) is 6.54 Å². The smallest absolute Gasteiger partial charge is 0.329 e. The topological polar surface area (TPSA) is 29.3 Å². The van der Waals surface area contributed by atoms with E-state index in [0.717, 1.165) is 24.0 Å². The van der Waals surface area contributed by atoms with Crippen molar-refractivity contribution < 1.29 is 13.2 Å². The Kier molecular flexibility index (Phi) is 3.92. The zero-order valence-corrected chi connectivity index (χ0v) is 10.1. The number of alkyl halides is 3. The van der Waals surface area contributed by atoms with Crippen molar-refractivity contribution in [2.45, 2.75) is 31.6 Å². The van der Waals surface area contributed by atoms with E-state index in [4.69, 9.17) is 5.73 Å². The van der Waals surface area contributed by atoms with Crippen molar-refractivity contribution in [3.63, 3.8) is 0 Å². The molecule has 5 heteroatoms. The van der Waals surface area contributed by atoms with Gasteiger partial charge in [0.25, 0.3) is 0 Å². The summed E-state index contributed by atoms with van der Waals surface area (Å²) in [7, 11) is 0. The minimum Gasteiger partial charge on any atom is -0.329 e. The fourth-order valence-corrected chi connectivity index (χ4v) is 2.48. The van der Waals surface area contributed by atoms with Crippen LogP contribution >= 0.6 is 0 Å². The summed E-state index contributed by atoms with van der Waals surface area (Å²) in [5, 5.41) is 0. The lowest BCUT2D eigenvalue weighted by molar-refractivity contribution is -0.182. The van der Waals surface area contributed by atoms with E-state index in [1.807, 2.05) is 24.3 Å². The van der Waals surface area contributed by atoms with Crippen LogP contribution in [-0.4, -0.2) is 30.2 Å². The predicted octanol–water partition coefficient (Wildman–Crippen LogP) is 2.32. The highest BCUT2D eigenvalue weighted by Crippen LogP contribution is 2.28. The summed E-state index contributed by atoms with van der Waals surface area (Å²) in [4.78, 5) is 1.45. The molecule has 1 aromatic rings. The lowest BCUT2D eigenvalue weighted by Crippen LogP contribution is -2.49. The Morgan fingerprint density at radius 3 is 2.50 bits per heavy atom. The number of fused-ring (bicyclic) bond motifs is 1. The van der Waals surface area contributed by atoms with Gasteiger partial charge >= 0.3 is 6.18 Å². The van der Waals surface area contributed by atoms with Crippen LogP contribution < -0.4 is 5.73 Å². The van der Waals surface area contributed by atoms with Gasteiger partial charge in [0.05, 0.1) is 0 Å². The zero-order chi connectivity index (χ0) is 13.2. The molecule has 1 aliphatic heterocycles. The van der Waals surface area contributed by atoms with Crippen molar-refractivity contribution in [3.05, 3.63) is 35.4 Å². The third kappa shape index (κ3) is 2.84. The molecular formula is C13H17F3N2. The Balaban J connectivity index is 2.21. The largest absolute Gasteiger partial charge is 0.405 e. The molecule has 1 aliphatic rings. The van der Waals surface area contributed by atoms with E-state index >= 15 is 0 Å². The molecule has 1 atom stereocenters. The van der Waals surface area contributed by atoms with Gasteiger partial charge in [0, 0.05) is 13.1 Å². The van der Waals surface area contributed by atoms with Crippen LogP contribution in [0, 0.1) is 0 Å². The number of benzene rings is 1. The monoisotopic (exact) mass is 258 g/mol. The first kappa shape index (κ1) is 13.4. The zero-order valence-electron chi connectivity index (χ0n) is 10.1. The Labute approximate surface area is 105 Å². The fourth-order valence-electron chi connectivity index (χ4n) is 2.48. The summed E-state index contributed by atoms with van der Waals surface area (Å²) >= 11 is 0. The van der Waals surface area contributed by atoms with E-state index in [1.165, 1.54) is 4.90 Å². The molecule has 0 amide bonds. The number of halogens is 3. The van der Waals surface area contributed by atoms with E-state index in [1.54, 1.807) is 0 Å². The second-order valence-corrected chi connectivity index (χ2v) is 4.64. The highest BCUT2D eigenvalue weighted by Gasteiger charge is 2.42. The van der Waals surface area contributed by atoms with Crippen molar-refractivity contribution in [3.8, 4) is 0 Å². The van der Waals surface area contributed by atoms with Gasteiger partial charge in [-0.1, -0.05) is 24.3 Å². The lowest BCUT2D eigenvalue weighted by Gasteiger charge is -2.31. The highest BCUT2D eigenvalue weighted by molar-refractivity contribution is 5.28. The third-order valence-electron chi connectivity index (χ3n) is 3.43. The quantitative estimate of drug-likeness (QED) is 0.882. The summed E-state index contributed by atoms with van der Waals surface area (Å²) in [6.07, 6.45) is -2.68. The van der Waals surface area contributed by atoms with E-state index in [2.05, 4.69) is 0 Å². The van der Waals surface area contributed by atoms with E-state index in [9.17, 15) is 13.2 Å². The summed E-state index contributed by atoms with van der Waals surface area (Å²) in [6, 6.07) is 6.15. The normalized spacial score (nSPS) is 19.1. The van der Waals surface area contributed by atoms with E-state index < -0.39 is 12.2 Å². The molecule has 1 unspecified atom stereocenters. The van der Waals surface area contributed by atoms with Gasteiger partial charge in [-0.15, -0.1) is 0 Å². The van der Waals surface area contributed by atoms with Crippen molar-refractivity contribution in [1.29, 1.82) is 0 Å². The Hall–Kier alpha value is -1.07. The summed E-state index contributed by atoms with van der Waals surface area (Å²) in [5.74, 6) is 0. The number of hydrogen-bond donors (Lipinski definition) is 1. The van der Waals surface area contributed by atoms with Crippen molar-refractivity contribution in [2.24, 2.45) is 5.73 Å². The molecule has 0 saturated carbocycles. The second kappa shape index (κ2) is 5.28. The second-order valence-electron chi connectivity index (χ2n) is 4.64. The molecule has 100 valence electrons. The van der Waals surface area contributed by atoms with Crippen molar-refractivity contribution >= 4 is 0 Å². The van der Waals surface area contributed by atoms with Gasteiger partial charge < -0.3 is 5.73 Å². The third-order valence-corrected chi connectivity index (χ3v) is 3.43. The molecule has 0 aliphatic carbocycles. The van der Waals surface area contributed by atoms with Crippen molar-refractivity contribution in [2.75, 3.05) is 13.1 Å². The first-order valence-electron chi connectivity index (χ1n) is 6.10. The van der Waals surface area contributed by atoms with Gasteiger partial charge in [-0.2, -0.15) is 13.2 Å². The molecule has 1 heterocycles. The van der Waals surface area contributed by atoms with Crippen LogP contribution in [0.1, 0.15) is 17.5 Å². The molecule has 2 rings (SSSR count).